The Balaban J connectivity index is 2.16. The van der Waals surface area contributed by atoms with Crippen molar-refractivity contribution >= 4 is 6.09 Å². The minimum atomic E-state index is -0.286. The molecule has 1 aromatic carbocycles. The van der Waals surface area contributed by atoms with Crippen LogP contribution in [0.5, 0.6) is 11.5 Å². The summed E-state index contributed by atoms with van der Waals surface area (Å²) in [5.41, 5.74) is 0.948. The number of carbonyl (C=O) groups is 1. The number of amides is 1. The average molecular weight is 319 g/mol. The molecule has 2 rings (SSSR count). The number of benzene rings is 1. The highest BCUT2D eigenvalue weighted by Gasteiger charge is 2.33. The Labute approximate surface area is 137 Å². The summed E-state index contributed by atoms with van der Waals surface area (Å²) < 4.78 is 15.8. The zero-order valence-electron chi connectivity index (χ0n) is 14.2. The maximum absolute atomic E-state index is 12.0. The highest BCUT2D eigenvalue weighted by Crippen LogP contribution is 2.33. The summed E-state index contributed by atoms with van der Waals surface area (Å²) in [6.07, 6.45) is 4.85. The molecule has 0 radical (unpaired) electrons. The maximum atomic E-state index is 12.0. The molecule has 1 atom stereocenters. The van der Waals surface area contributed by atoms with Gasteiger partial charge in [0.2, 0.25) is 0 Å². The van der Waals surface area contributed by atoms with Crippen LogP contribution in [0.3, 0.4) is 0 Å². The Bertz CT molecular complexity index is 546. The number of nitrogens with zero attached hydrogens (tertiary/aromatic N) is 1. The Kier molecular flexibility index (Phi) is 5.90. The fourth-order valence-corrected chi connectivity index (χ4v) is 2.51. The average Bonchev–Trinajstić information content (AvgIpc) is 2.91. The van der Waals surface area contributed by atoms with Crippen LogP contribution >= 0.6 is 0 Å². The van der Waals surface area contributed by atoms with E-state index >= 15 is 0 Å². The van der Waals surface area contributed by atoms with Gasteiger partial charge >= 0.3 is 6.09 Å². The third-order valence-electron chi connectivity index (χ3n) is 3.81. The van der Waals surface area contributed by atoms with Crippen LogP contribution in [0, 0.1) is 5.92 Å². The second-order valence-electron chi connectivity index (χ2n) is 5.99. The molecule has 126 valence electrons. The molecule has 0 spiro atoms. The molecule has 1 heterocycles. The predicted molar refractivity (Wildman–Crippen MR) is 88.9 cm³/mol. The van der Waals surface area contributed by atoms with Gasteiger partial charge in [0.1, 0.15) is 18.1 Å². The molecular weight excluding hydrogens is 294 g/mol. The Hall–Kier alpha value is -2.17. The molecule has 1 aromatic rings. The molecule has 1 aliphatic rings. The lowest BCUT2D eigenvalue weighted by Crippen LogP contribution is -2.27. The predicted octanol–water partition coefficient (Wildman–Crippen LogP) is 3.80. The first-order valence-corrected chi connectivity index (χ1v) is 7.86. The quantitative estimate of drug-likeness (QED) is 0.717. The van der Waals surface area contributed by atoms with E-state index in [1.807, 2.05) is 24.3 Å². The zero-order valence-corrected chi connectivity index (χ0v) is 14.2. The van der Waals surface area contributed by atoms with E-state index in [4.69, 9.17) is 14.2 Å². The number of methoxy groups -OCH3 is 2. The summed E-state index contributed by atoms with van der Waals surface area (Å²) in [4.78, 5) is 13.7. The second kappa shape index (κ2) is 7.90. The lowest BCUT2D eigenvalue weighted by molar-refractivity contribution is 0.160. The molecule has 5 heteroatoms. The lowest BCUT2D eigenvalue weighted by Gasteiger charge is -2.21. The maximum Gasteiger partial charge on any atom is 0.410 e. The molecule has 5 nitrogen and oxygen atoms in total. The molecule has 0 unspecified atom stereocenters. The molecule has 0 saturated carbocycles. The SMILES string of the molecule is COc1cc(OC)cc([C@@H]2COC(=O)N2CC=CCC(C)C)c1. The Morgan fingerprint density at radius 1 is 1.22 bits per heavy atom. The standard InChI is InChI=1S/C18H25NO4/c1-13(2)7-5-6-8-19-17(12-23-18(19)20)14-9-15(21-3)11-16(10-14)22-4/h5-6,9-11,13,17H,7-8,12H2,1-4H3/t17-/m0/s1. The van der Waals surface area contributed by atoms with Gasteiger partial charge in [0.15, 0.2) is 0 Å². The number of allylic oxidation sites excluding steroid dienone is 1. The largest absolute Gasteiger partial charge is 0.497 e. The molecule has 1 saturated heterocycles. The minimum Gasteiger partial charge on any atom is -0.497 e. The number of rotatable bonds is 7. The second-order valence-corrected chi connectivity index (χ2v) is 5.99. The summed E-state index contributed by atoms with van der Waals surface area (Å²) in [6.45, 7) is 5.21. The van der Waals surface area contributed by atoms with Gasteiger partial charge in [0.05, 0.1) is 20.3 Å². The van der Waals surface area contributed by atoms with E-state index in [0.717, 1.165) is 12.0 Å². The van der Waals surface area contributed by atoms with Gasteiger partial charge in [-0.2, -0.15) is 0 Å². The Morgan fingerprint density at radius 3 is 2.43 bits per heavy atom. The molecule has 0 aliphatic carbocycles. The first kappa shape index (κ1) is 17.2. The zero-order chi connectivity index (χ0) is 16.8. The van der Waals surface area contributed by atoms with Crippen molar-refractivity contribution in [3.63, 3.8) is 0 Å². The molecule has 1 aliphatic heterocycles. The highest BCUT2D eigenvalue weighted by atomic mass is 16.6. The van der Waals surface area contributed by atoms with Crippen molar-refractivity contribution in [1.82, 2.24) is 4.90 Å². The van der Waals surface area contributed by atoms with Gasteiger partial charge < -0.3 is 14.2 Å². The molecule has 0 N–H and O–H groups in total. The van der Waals surface area contributed by atoms with Crippen molar-refractivity contribution in [3.8, 4) is 11.5 Å². The van der Waals surface area contributed by atoms with Gasteiger partial charge in [-0.25, -0.2) is 4.79 Å². The Morgan fingerprint density at radius 2 is 1.87 bits per heavy atom. The number of cyclic esters (lactones) is 1. The third kappa shape index (κ3) is 4.41. The van der Waals surface area contributed by atoms with Gasteiger partial charge in [-0.05, 0) is 30.0 Å². The van der Waals surface area contributed by atoms with Gasteiger partial charge in [-0.3, -0.25) is 4.90 Å². The topological polar surface area (TPSA) is 48.0 Å². The fraction of sp³-hybridized carbons (Fsp3) is 0.500. The van der Waals surface area contributed by atoms with Crippen LogP contribution in [0.15, 0.2) is 30.4 Å². The van der Waals surface area contributed by atoms with E-state index in [9.17, 15) is 4.79 Å². The van der Waals surface area contributed by atoms with Crippen LogP contribution in [0.2, 0.25) is 0 Å². The van der Waals surface area contributed by atoms with Crippen LogP contribution in [0.1, 0.15) is 31.9 Å². The summed E-state index contributed by atoms with van der Waals surface area (Å²) in [5.74, 6) is 2.01. The van der Waals surface area contributed by atoms with Gasteiger partial charge in [0, 0.05) is 12.6 Å². The molecule has 0 bridgehead atoms. The monoisotopic (exact) mass is 319 g/mol. The molecular formula is C18H25NO4. The summed E-state index contributed by atoms with van der Waals surface area (Å²) in [5, 5.41) is 0. The van der Waals surface area contributed by atoms with Crippen molar-refractivity contribution in [2.45, 2.75) is 26.3 Å². The van der Waals surface area contributed by atoms with Crippen LogP contribution in [0.25, 0.3) is 0 Å². The molecule has 1 fully saturated rings. The summed E-state index contributed by atoms with van der Waals surface area (Å²) in [6, 6.07) is 5.52. The van der Waals surface area contributed by atoms with Crippen LogP contribution < -0.4 is 9.47 Å². The van der Waals surface area contributed by atoms with Gasteiger partial charge in [-0.15, -0.1) is 0 Å². The van der Waals surface area contributed by atoms with E-state index in [1.54, 1.807) is 19.1 Å². The van der Waals surface area contributed by atoms with Crippen molar-refractivity contribution in [2.24, 2.45) is 5.92 Å². The van der Waals surface area contributed by atoms with E-state index in [0.29, 0.717) is 30.6 Å². The van der Waals surface area contributed by atoms with Crippen LogP contribution in [-0.4, -0.2) is 38.4 Å². The van der Waals surface area contributed by atoms with Crippen molar-refractivity contribution < 1.29 is 19.0 Å². The third-order valence-corrected chi connectivity index (χ3v) is 3.81. The van der Waals surface area contributed by atoms with Gasteiger partial charge in [-0.1, -0.05) is 26.0 Å². The molecule has 1 amide bonds. The molecule has 23 heavy (non-hydrogen) atoms. The number of hydrogen-bond donors (Lipinski definition) is 0. The van der Waals surface area contributed by atoms with E-state index < -0.39 is 0 Å². The molecule has 0 aromatic heterocycles. The number of ether oxygens (including phenoxy) is 3. The van der Waals surface area contributed by atoms with E-state index in [2.05, 4.69) is 19.9 Å². The smallest absolute Gasteiger partial charge is 0.410 e. The first-order chi connectivity index (χ1) is 11.0. The van der Waals surface area contributed by atoms with Crippen LogP contribution in [-0.2, 0) is 4.74 Å². The first-order valence-electron chi connectivity index (χ1n) is 7.86. The van der Waals surface area contributed by atoms with Crippen molar-refractivity contribution in [1.29, 1.82) is 0 Å². The minimum absolute atomic E-state index is 0.129. The van der Waals surface area contributed by atoms with Gasteiger partial charge in [0.25, 0.3) is 0 Å². The number of carbonyl (C=O) groups excluding carboxylic acids is 1. The van der Waals surface area contributed by atoms with Crippen LogP contribution in [0.4, 0.5) is 4.79 Å². The van der Waals surface area contributed by atoms with Crippen molar-refractivity contribution in [2.75, 3.05) is 27.4 Å². The van der Waals surface area contributed by atoms with Crippen molar-refractivity contribution in [3.05, 3.63) is 35.9 Å². The summed E-state index contributed by atoms with van der Waals surface area (Å²) >= 11 is 0. The highest BCUT2D eigenvalue weighted by molar-refractivity contribution is 5.71. The summed E-state index contributed by atoms with van der Waals surface area (Å²) in [7, 11) is 3.22. The van der Waals surface area contributed by atoms with E-state index in [1.165, 1.54) is 0 Å². The number of hydrogen-bond acceptors (Lipinski definition) is 4. The fourth-order valence-electron chi connectivity index (χ4n) is 2.51. The lowest BCUT2D eigenvalue weighted by atomic mass is 10.1. The van der Waals surface area contributed by atoms with E-state index in [-0.39, 0.29) is 12.1 Å². The normalized spacial score (nSPS) is 17.9.